The minimum atomic E-state index is 0.248. The summed E-state index contributed by atoms with van der Waals surface area (Å²) in [6.07, 6.45) is 5.42. The fraction of sp³-hybridized carbons (Fsp3) is 0.364. The molecule has 0 spiro atoms. The largest absolute Gasteiger partial charge is 0.377 e. The highest BCUT2D eigenvalue weighted by Gasteiger charge is 2.24. The number of hydrogen-bond acceptors (Lipinski definition) is 6. The highest BCUT2D eigenvalue weighted by Crippen LogP contribution is 2.36. The average Bonchev–Trinajstić information content (AvgIpc) is 3.45. The Balaban J connectivity index is 1.79. The standard InChI is InChI=1S/C22H25N7O/c1-14(2)29-19(6-9-25-29)17-12-20(28-10-11-30-13-15(28)3)26-21-16(17)4-7-23-22(21)18-5-8-24-27-18/h4-9,12,14-15H,10-11,13H2,1-3H3,(H,24,27). The van der Waals surface area contributed by atoms with Crippen molar-refractivity contribution in [1.29, 1.82) is 0 Å². The number of nitrogens with zero attached hydrogens (tertiary/aromatic N) is 6. The maximum Gasteiger partial charge on any atom is 0.130 e. The monoisotopic (exact) mass is 403 g/mol. The van der Waals surface area contributed by atoms with Crippen molar-refractivity contribution in [3.63, 3.8) is 0 Å². The molecule has 0 bridgehead atoms. The molecule has 8 nitrogen and oxygen atoms in total. The molecule has 1 aliphatic rings. The van der Waals surface area contributed by atoms with Gasteiger partial charge in [0.1, 0.15) is 17.0 Å². The number of hydrogen-bond donors (Lipinski definition) is 1. The summed E-state index contributed by atoms with van der Waals surface area (Å²) in [5.41, 5.74) is 4.67. The van der Waals surface area contributed by atoms with Crippen LogP contribution in [-0.2, 0) is 4.74 Å². The second-order valence-corrected chi connectivity index (χ2v) is 7.93. The van der Waals surface area contributed by atoms with Crippen molar-refractivity contribution in [2.75, 3.05) is 24.7 Å². The lowest BCUT2D eigenvalue weighted by molar-refractivity contribution is 0.0986. The van der Waals surface area contributed by atoms with Gasteiger partial charge in [-0.05, 0) is 45.0 Å². The zero-order valence-corrected chi connectivity index (χ0v) is 17.4. The van der Waals surface area contributed by atoms with Crippen molar-refractivity contribution in [3.05, 3.63) is 42.9 Å². The summed E-state index contributed by atoms with van der Waals surface area (Å²) < 4.78 is 7.70. The molecular weight excluding hydrogens is 378 g/mol. The van der Waals surface area contributed by atoms with Crippen LogP contribution >= 0.6 is 0 Å². The molecular formula is C22H25N7O. The van der Waals surface area contributed by atoms with Gasteiger partial charge in [-0.3, -0.25) is 14.8 Å². The lowest BCUT2D eigenvalue weighted by atomic mass is 10.0. The van der Waals surface area contributed by atoms with Gasteiger partial charge in [-0.15, -0.1) is 0 Å². The molecule has 154 valence electrons. The summed E-state index contributed by atoms with van der Waals surface area (Å²) in [6.45, 7) is 8.65. The number of H-pyrrole nitrogens is 1. The van der Waals surface area contributed by atoms with Crippen molar-refractivity contribution in [1.82, 2.24) is 29.9 Å². The molecule has 0 radical (unpaired) electrons. The normalized spacial score (nSPS) is 17.2. The summed E-state index contributed by atoms with van der Waals surface area (Å²) in [6, 6.07) is 8.69. The van der Waals surface area contributed by atoms with E-state index in [-0.39, 0.29) is 12.1 Å². The number of aromatic amines is 1. The van der Waals surface area contributed by atoms with Gasteiger partial charge in [-0.1, -0.05) is 0 Å². The molecule has 0 aromatic carbocycles. The molecule has 5 heterocycles. The van der Waals surface area contributed by atoms with Crippen molar-refractivity contribution in [2.24, 2.45) is 0 Å². The number of fused-ring (bicyclic) bond motifs is 1. The number of ether oxygens (including phenoxy) is 1. The quantitative estimate of drug-likeness (QED) is 0.559. The molecule has 1 saturated heterocycles. The Kier molecular flexibility index (Phi) is 4.71. The van der Waals surface area contributed by atoms with Crippen LogP contribution in [0.5, 0.6) is 0 Å². The van der Waals surface area contributed by atoms with Crippen LogP contribution in [0, 0.1) is 0 Å². The Bertz CT molecular complexity index is 1170. The van der Waals surface area contributed by atoms with Crippen LogP contribution in [0.1, 0.15) is 26.8 Å². The first-order valence-corrected chi connectivity index (χ1v) is 10.3. The number of aromatic nitrogens is 6. The topological polar surface area (TPSA) is 84.8 Å². The maximum absolute atomic E-state index is 5.65. The predicted molar refractivity (Wildman–Crippen MR) is 116 cm³/mol. The van der Waals surface area contributed by atoms with Crippen molar-refractivity contribution < 1.29 is 4.74 Å². The van der Waals surface area contributed by atoms with Gasteiger partial charge < -0.3 is 9.64 Å². The lowest BCUT2D eigenvalue weighted by Gasteiger charge is -2.34. The second-order valence-electron chi connectivity index (χ2n) is 7.93. The van der Waals surface area contributed by atoms with E-state index in [1.54, 1.807) is 6.20 Å². The molecule has 1 fully saturated rings. The van der Waals surface area contributed by atoms with Crippen LogP contribution in [0.25, 0.3) is 33.5 Å². The molecule has 0 aliphatic carbocycles. The number of nitrogens with one attached hydrogen (secondary N) is 1. The third-order valence-corrected chi connectivity index (χ3v) is 5.57. The van der Waals surface area contributed by atoms with E-state index in [4.69, 9.17) is 9.72 Å². The van der Waals surface area contributed by atoms with Gasteiger partial charge in [0.25, 0.3) is 0 Å². The Morgan fingerprint density at radius 1 is 1.17 bits per heavy atom. The van der Waals surface area contributed by atoms with Crippen molar-refractivity contribution in [2.45, 2.75) is 32.9 Å². The molecule has 8 heteroatoms. The highest BCUT2D eigenvalue weighted by molar-refractivity contribution is 6.01. The molecule has 5 rings (SSSR count). The van der Waals surface area contributed by atoms with Crippen LogP contribution in [0.4, 0.5) is 5.82 Å². The van der Waals surface area contributed by atoms with E-state index in [0.717, 1.165) is 45.9 Å². The van der Waals surface area contributed by atoms with Crippen LogP contribution < -0.4 is 4.90 Å². The minimum absolute atomic E-state index is 0.248. The average molecular weight is 403 g/mol. The third kappa shape index (κ3) is 3.13. The second kappa shape index (κ2) is 7.53. The van der Waals surface area contributed by atoms with Gasteiger partial charge in [0.15, 0.2) is 0 Å². The van der Waals surface area contributed by atoms with Gasteiger partial charge in [0, 0.05) is 42.1 Å². The van der Waals surface area contributed by atoms with E-state index < -0.39 is 0 Å². The first kappa shape index (κ1) is 18.7. The highest BCUT2D eigenvalue weighted by atomic mass is 16.5. The molecule has 0 saturated carbocycles. The summed E-state index contributed by atoms with van der Waals surface area (Å²) in [5.74, 6) is 0.929. The van der Waals surface area contributed by atoms with Gasteiger partial charge in [-0.2, -0.15) is 10.2 Å². The summed E-state index contributed by atoms with van der Waals surface area (Å²) >= 11 is 0. The molecule has 30 heavy (non-hydrogen) atoms. The molecule has 1 N–H and O–H groups in total. The first-order chi connectivity index (χ1) is 14.6. The number of anilines is 1. The van der Waals surface area contributed by atoms with Crippen LogP contribution in [-0.4, -0.2) is 55.7 Å². The van der Waals surface area contributed by atoms with Crippen molar-refractivity contribution >= 4 is 16.7 Å². The van der Waals surface area contributed by atoms with E-state index in [2.05, 4.69) is 62.8 Å². The van der Waals surface area contributed by atoms with Crippen LogP contribution in [0.15, 0.2) is 42.9 Å². The lowest BCUT2D eigenvalue weighted by Crippen LogP contribution is -2.44. The smallest absolute Gasteiger partial charge is 0.130 e. The Morgan fingerprint density at radius 2 is 2.07 bits per heavy atom. The molecule has 0 amide bonds. The molecule has 1 unspecified atom stereocenters. The Labute approximate surface area is 174 Å². The van der Waals surface area contributed by atoms with Gasteiger partial charge in [0.05, 0.1) is 30.6 Å². The summed E-state index contributed by atoms with van der Waals surface area (Å²) in [7, 11) is 0. The molecule has 4 aromatic heterocycles. The molecule has 1 atom stereocenters. The zero-order valence-electron chi connectivity index (χ0n) is 17.4. The van der Waals surface area contributed by atoms with Gasteiger partial charge in [-0.25, -0.2) is 4.98 Å². The van der Waals surface area contributed by atoms with E-state index in [1.165, 1.54) is 0 Å². The first-order valence-electron chi connectivity index (χ1n) is 10.3. The van der Waals surface area contributed by atoms with Gasteiger partial charge >= 0.3 is 0 Å². The number of morpholine rings is 1. The summed E-state index contributed by atoms with van der Waals surface area (Å²) in [5, 5.41) is 12.7. The van der Waals surface area contributed by atoms with Crippen molar-refractivity contribution in [3.8, 4) is 22.6 Å². The van der Waals surface area contributed by atoms with E-state index in [9.17, 15) is 0 Å². The molecule has 4 aromatic rings. The Hall–Kier alpha value is -3.26. The fourth-order valence-corrected chi connectivity index (χ4v) is 4.09. The van der Waals surface area contributed by atoms with Gasteiger partial charge in [0.2, 0.25) is 0 Å². The van der Waals surface area contributed by atoms with Crippen LogP contribution in [0.3, 0.4) is 0 Å². The zero-order chi connectivity index (χ0) is 20.7. The third-order valence-electron chi connectivity index (χ3n) is 5.57. The van der Waals surface area contributed by atoms with E-state index >= 15 is 0 Å². The molecule has 1 aliphatic heterocycles. The Morgan fingerprint density at radius 3 is 2.83 bits per heavy atom. The predicted octanol–water partition coefficient (Wildman–Crippen LogP) is 3.69. The van der Waals surface area contributed by atoms with Crippen LogP contribution in [0.2, 0.25) is 0 Å². The SMILES string of the molecule is CC1COCCN1c1cc(-c2ccnn2C(C)C)c2ccnc(-c3ccn[nH]3)c2n1. The summed E-state index contributed by atoms with van der Waals surface area (Å²) in [4.78, 5) is 12.0. The number of rotatable bonds is 4. The maximum atomic E-state index is 5.65. The number of pyridine rings is 2. The van der Waals surface area contributed by atoms with E-state index in [1.807, 2.05) is 24.5 Å². The fourth-order valence-electron chi connectivity index (χ4n) is 4.09. The minimum Gasteiger partial charge on any atom is -0.377 e. The van der Waals surface area contributed by atoms with E-state index in [0.29, 0.717) is 13.2 Å².